The molecule has 194 valence electrons. The zero-order chi connectivity index (χ0) is 26.1. The van der Waals surface area contributed by atoms with Crippen LogP contribution in [0.1, 0.15) is 47.5 Å². The minimum Gasteiger partial charge on any atom is -0.502 e. The van der Waals surface area contributed by atoms with Gasteiger partial charge in [-0.05, 0) is 24.5 Å². The Morgan fingerprint density at radius 3 is 2.70 bits per heavy atom. The summed E-state index contributed by atoms with van der Waals surface area (Å²) in [5.74, 6) is -0.397. The van der Waals surface area contributed by atoms with Crippen molar-refractivity contribution in [3.05, 3.63) is 91.9 Å². The molecule has 3 aromatic rings. The number of piperidine rings is 1. The summed E-state index contributed by atoms with van der Waals surface area (Å²) in [6.07, 6.45) is 0.871. The fourth-order valence-electron chi connectivity index (χ4n) is 5.76. The lowest BCUT2D eigenvalue weighted by Gasteiger charge is -2.42. The summed E-state index contributed by atoms with van der Waals surface area (Å²) in [6, 6.07) is 13.8. The first-order chi connectivity index (χ1) is 17.9. The Bertz CT molecular complexity index is 1430. The van der Waals surface area contributed by atoms with Gasteiger partial charge in [0.15, 0.2) is 5.76 Å². The number of ether oxygens (including phenoxy) is 2. The van der Waals surface area contributed by atoms with Crippen molar-refractivity contribution in [3.63, 3.8) is 0 Å². The van der Waals surface area contributed by atoms with E-state index < -0.39 is 23.1 Å². The highest BCUT2D eigenvalue weighted by Crippen LogP contribution is 2.39. The Hall–Kier alpha value is -3.85. The van der Waals surface area contributed by atoms with Crippen LogP contribution in [0.2, 0.25) is 0 Å². The van der Waals surface area contributed by atoms with Gasteiger partial charge >= 0.3 is 5.97 Å². The van der Waals surface area contributed by atoms with Crippen molar-refractivity contribution >= 4 is 5.97 Å². The average Bonchev–Trinajstić information content (AvgIpc) is 2.90. The topological polar surface area (TPSA) is 111 Å². The monoisotopic (exact) mass is 506 g/mol. The van der Waals surface area contributed by atoms with E-state index in [0.29, 0.717) is 36.1 Å². The smallest absolute Gasteiger partial charge is 0.306 e. The molecular formula is C28H30N2O7. The van der Waals surface area contributed by atoms with Crippen LogP contribution < -0.4 is 15.7 Å². The SMILES string of the molecule is COC(=O)C[C@@H](c1ccccc1OC)c1oc(CN2C[C@@H]3C[C@H](C2)c2cccc(=O)n2C3)cc(=O)c1O. The third kappa shape index (κ3) is 4.91. The van der Waals surface area contributed by atoms with E-state index in [1.807, 2.05) is 10.6 Å². The van der Waals surface area contributed by atoms with Gasteiger partial charge in [-0.2, -0.15) is 0 Å². The molecule has 2 aromatic heterocycles. The zero-order valence-corrected chi connectivity index (χ0v) is 20.9. The lowest BCUT2D eigenvalue weighted by molar-refractivity contribution is -0.140. The van der Waals surface area contributed by atoms with Gasteiger partial charge in [-0.25, -0.2) is 0 Å². The van der Waals surface area contributed by atoms with Crippen molar-refractivity contribution in [2.45, 2.75) is 37.8 Å². The summed E-state index contributed by atoms with van der Waals surface area (Å²) in [5.41, 5.74) is 1.09. The van der Waals surface area contributed by atoms with Crippen LogP contribution in [0.25, 0.3) is 0 Å². The second-order valence-corrected chi connectivity index (χ2v) is 9.76. The van der Waals surface area contributed by atoms with E-state index in [2.05, 4.69) is 4.90 Å². The van der Waals surface area contributed by atoms with E-state index in [-0.39, 0.29) is 23.7 Å². The molecule has 1 saturated heterocycles. The van der Waals surface area contributed by atoms with Gasteiger partial charge in [-0.3, -0.25) is 19.3 Å². The minimum absolute atomic E-state index is 0.00602. The normalized spacial score (nSPS) is 19.6. The van der Waals surface area contributed by atoms with Gasteiger partial charge in [0.05, 0.1) is 33.1 Å². The van der Waals surface area contributed by atoms with Crippen molar-refractivity contribution < 1.29 is 23.8 Å². The van der Waals surface area contributed by atoms with Crippen molar-refractivity contribution in [1.82, 2.24) is 9.47 Å². The third-order valence-corrected chi connectivity index (χ3v) is 7.36. The molecule has 0 radical (unpaired) electrons. The highest BCUT2D eigenvalue weighted by molar-refractivity contribution is 5.71. The fourth-order valence-corrected chi connectivity index (χ4v) is 5.76. The number of nitrogens with zero attached hydrogens (tertiary/aromatic N) is 2. The van der Waals surface area contributed by atoms with Crippen molar-refractivity contribution in [3.8, 4) is 11.5 Å². The Labute approximate surface area is 213 Å². The molecule has 1 aromatic carbocycles. The Balaban J connectivity index is 1.47. The molecule has 5 rings (SSSR count). The van der Waals surface area contributed by atoms with E-state index in [9.17, 15) is 19.5 Å². The van der Waals surface area contributed by atoms with E-state index >= 15 is 0 Å². The van der Waals surface area contributed by atoms with Crippen molar-refractivity contribution in [1.29, 1.82) is 0 Å². The van der Waals surface area contributed by atoms with Gasteiger partial charge in [0.25, 0.3) is 5.56 Å². The van der Waals surface area contributed by atoms with Crippen LogP contribution in [0, 0.1) is 5.92 Å². The number of benzene rings is 1. The number of pyridine rings is 1. The molecule has 1 N–H and O–H groups in total. The van der Waals surface area contributed by atoms with Crippen LogP contribution in [-0.2, 0) is 22.6 Å². The van der Waals surface area contributed by atoms with Crippen molar-refractivity contribution in [2.75, 3.05) is 27.3 Å². The number of hydrogen-bond donors (Lipinski definition) is 1. The minimum atomic E-state index is -0.782. The Morgan fingerprint density at radius 2 is 1.92 bits per heavy atom. The van der Waals surface area contributed by atoms with E-state index in [1.54, 1.807) is 36.4 Å². The largest absolute Gasteiger partial charge is 0.502 e. The molecule has 9 nitrogen and oxygen atoms in total. The number of aromatic hydroxyl groups is 1. The molecule has 0 aliphatic carbocycles. The highest BCUT2D eigenvalue weighted by Gasteiger charge is 2.35. The van der Waals surface area contributed by atoms with E-state index in [1.165, 1.54) is 20.3 Å². The predicted octanol–water partition coefficient (Wildman–Crippen LogP) is 2.83. The lowest BCUT2D eigenvalue weighted by atomic mass is 9.83. The summed E-state index contributed by atoms with van der Waals surface area (Å²) >= 11 is 0. The van der Waals surface area contributed by atoms with E-state index in [0.717, 1.165) is 25.2 Å². The molecule has 0 spiro atoms. The van der Waals surface area contributed by atoms with Crippen LogP contribution in [0.4, 0.5) is 0 Å². The molecule has 37 heavy (non-hydrogen) atoms. The zero-order valence-electron chi connectivity index (χ0n) is 20.9. The van der Waals surface area contributed by atoms with Crippen molar-refractivity contribution in [2.24, 2.45) is 5.92 Å². The molecular weight excluding hydrogens is 476 g/mol. The number of carbonyl (C=O) groups is 1. The maximum Gasteiger partial charge on any atom is 0.306 e. The summed E-state index contributed by atoms with van der Waals surface area (Å²) in [6.45, 7) is 2.51. The number of fused-ring (bicyclic) bond motifs is 4. The van der Waals surface area contributed by atoms with Crippen LogP contribution in [0.5, 0.6) is 11.5 Å². The molecule has 0 amide bonds. The van der Waals surface area contributed by atoms with Crippen LogP contribution >= 0.6 is 0 Å². The highest BCUT2D eigenvalue weighted by atomic mass is 16.5. The first kappa shape index (κ1) is 24.8. The summed E-state index contributed by atoms with van der Waals surface area (Å²) in [7, 11) is 2.80. The van der Waals surface area contributed by atoms with Gasteiger partial charge in [0.1, 0.15) is 11.5 Å². The molecule has 0 saturated carbocycles. The van der Waals surface area contributed by atoms with Gasteiger partial charge < -0.3 is 23.6 Å². The molecule has 0 unspecified atom stereocenters. The second kappa shape index (κ2) is 10.3. The number of esters is 1. The second-order valence-electron chi connectivity index (χ2n) is 9.76. The van der Waals surface area contributed by atoms with Crippen LogP contribution in [-0.4, -0.2) is 47.9 Å². The van der Waals surface area contributed by atoms with Gasteiger partial charge in [-0.15, -0.1) is 0 Å². The molecule has 4 heterocycles. The lowest BCUT2D eigenvalue weighted by Crippen LogP contribution is -2.46. The average molecular weight is 507 g/mol. The summed E-state index contributed by atoms with van der Waals surface area (Å²) in [5, 5.41) is 10.7. The maximum absolute atomic E-state index is 12.8. The quantitative estimate of drug-likeness (QED) is 0.487. The first-order valence-corrected chi connectivity index (χ1v) is 12.4. The predicted molar refractivity (Wildman–Crippen MR) is 135 cm³/mol. The number of rotatable bonds is 7. The number of methoxy groups -OCH3 is 2. The van der Waals surface area contributed by atoms with Gasteiger partial charge in [0.2, 0.25) is 11.2 Å². The number of para-hydroxylation sites is 1. The standard InChI is InChI=1S/C28H30N2O7/c1-35-24-8-4-3-6-20(24)21(12-26(33)36-2)28-27(34)23(31)11-19(37-28)16-29-13-17-10-18(15-29)22-7-5-9-25(32)30(22)14-17/h3-9,11,17-18,21,34H,10,12-16H2,1-2H3/t17-,18+,21-/m0/s1. The molecule has 3 atom stereocenters. The Morgan fingerprint density at radius 1 is 1.11 bits per heavy atom. The molecule has 2 bridgehead atoms. The Kier molecular flexibility index (Phi) is 6.88. The number of carbonyl (C=O) groups excluding carboxylic acids is 1. The first-order valence-electron chi connectivity index (χ1n) is 12.4. The fraction of sp³-hybridized carbons (Fsp3) is 0.393. The van der Waals surface area contributed by atoms with Crippen LogP contribution in [0.3, 0.4) is 0 Å². The number of aromatic nitrogens is 1. The number of likely N-dealkylation sites (tertiary alicyclic amines) is 1. The number of hydrogen-bond acceptors (Lipinski definition) is 8. The summed E-state index contributed by atoms with van der Waals surface area (Å²) < 4.78 is 18.4. The maximum atomic E-state index is 12.8. The summed E-state index contributed by atoms with van der Waals surface area (Å²) in [4.78, 5) is 39.7. The van der Waals surface area contributed by atoms with Gasteiger partial charge in [-0.1, -0.05) is 24.3 Å². The molecule has 2 aliphatic rings. The van der Waals surface area contributed by atoms with Crippen LogP contribution in [0.15, 0.2) is 62.5 Å². The van der Waals surface area contributed by atoms with E-state index in [4.69, 9.17) is 13.9 Å². The molecule has 9 heteroatoms. The molecule has 1 fully saturated rings. The molecule has 2 aliphatic heterocycles. The third-order valence-electron chi connectivity index (χ3n) is 7.36. The van der Waals surface area contributed by atoms with Gasteiger partial charge in [0, 0.05) is 48.9 Å².